The molecule has 1 heterocycles. The molecule has 0 radical (unpaired) electrons. The molecule has 2 aliphatic rings. The average molecular weight is 442 g/mol. The maximum Gasteiger partial charge on any atom is 0.0475 e. The van der Waals surface area contributed by atoms with Crippen LogP contribution in [0.2, 0.25) is 0 Å². The Morgan fingerprint density at radius 1 is 1.11 bits per heavy atom. The Balaban J connectivity index is 1.31. The summed E-state index contributed by atoms with van der Waals surface area (Å²) in [6, 6.07) is 16.6. The van der Waals surface area contributed by atoms with Crippen LogP contribution in [0.5, 0.6) is 0 Å². The second kappa shape index (κ2) is 9.08. The first kappa shape index (κ1) is 20.1. The number of hydrogen-bond donors (Lipinski definition) is 1. The molecule has 2 atom stereocenters. The van der Waals surface area contributed by atoms with Crippen LogP contribution in [0.4, 0.5) is 0 Å². The first-order valence-electron chi connectivity index (χ1n) is 10.6. The number of likely N-dealkylation sites (N-methyl/N-ethyl adjacent to an activating group) is 1. The summed E-state index contributed by atoms with van der Waals surface area (Å²) in [5, 5.41) is 3.83. The van der Waals surface area contributed by atoms with Gasteiger partial charge in [0.05, 0.1) is 0 Å². The summed E-state index contributed by atoms with van der Waals surface area (Å²) in [7, 11) is 2.24. The lowest BCUT2D eigenvalue weighted by molar-refractivity contribution is 0.0886. The van der Waals surface area contributed by atoms with Gasteiger partial charge < -0.3 is 10.2 Å². The van der Waals surface area contributed by atoms with Crippen LogP contribution in [0.15, 0.2) is 46.9 Å². The quantitative estimate of drug-likeness (QED) is 0.654. The molecule has 1 fully saturated rings. The molecule has 0 spiro atoms. The predicted molar refractivity (Wildman–Crippen MR) is 121 cm³/mol. The monoisotopic (exact) mass is 441 g/mol. The van der Waals surface area contributed by atoms with Crippen LogP contribution in [-0.4, -0.2) is 49.6 Å². The number of nitrogens with one attached hydrogen (secondary N) is 1. The van der Waals surface area contributed by atoms with Crippen molar-refractivity contribution in [1.29, 1.82) is 0 Å². The highest BCUT2D eigenvalue weighted by Gasteiger charge is 2.27. The molecule has 0 aromatic heterocycles. The number of aryl methyl sites for hydroxylation is 1. The molecule has 4 rings (SSSR count). The number of benzene rings is 2. The minimum atomic E-state index is 0.518. The fourth-order valence-corrected chi connectivity index (χ4v) is 5.32. The molecule has 150 valence electrons. The van der Waals surface area contributed by atoms with E-state index in [2.05, 4.69) is 87.5 Å². The van der Waals surface area contributed by atoms with Gasteiger partial charge in [-0.05, 0) is 62.0 Å². The Labute approximate surface area is 178 Å². The van der Waals surface area contributed by atoms with Gasteiger partial charge in [-0.25, -0.2) is 0 Å². The molecular weight excluding hydrogens is 410 g/mol. The lowest BCUT2D eigenvalue weighted by Gasteiger charge is -2.40. The van der Waals surface area contributed by atoms with E-state index in [1.165, 1.54) is 52.5 Å². The van der Waals surface area contributed by atoms with Crippen molar-refractivity contribution in [1.82, 2.24) is 15.1 Å². The SMILES string of the molecule is Cc1ccc2c(c1Br)CCC2NCCCN1CCN(C)CC1c1ccccc1. The highest BCUT2D eigenvalue weighted by molar-refractivity contribution is 9.10. The Hall–Kier alpha value is -1.20. The van der Waals surface area contributed by atoms with Crippen molar-refractivity contribution in [3.8, 4) is 0 Å². The van der Waals surface area contributed by atoms with Gasteiger partial charge >= 0.3 is 0 Å². The minimum Gasteiger partial charge on any atom is -0.310 e. The van der Waals surface area contributed by atoms with Gasteiger partial charge in [-0.3, -0.25) is 4.90 Å². The van der Waals surface area contributed by atoms with E-state index in [0.717, 1.165) is 26.2 Å². The van der Waals surface area contributed by atoms with Gasteiger partial charge in [0.15, 0.2) is 0 Å². The molecule has 0 bridgehead atoms. The van der Waals surface area contributed by atoms with Crippen LogP contribution >= 0.6 is 15.9 Å². The Kier molecular flexibility index (Phi) is 6.52. The van der Waals surface area contributed by atoms with Crippen molar-refractivity contribution in [3.05, 3.63) is 69.2 Å². The summed E-state index contributed by atoms with van der Waals surface area (Å²) < 4.78 is 1.32. The van der Waals surface area contributed by atoms with Crippen molar-refractivity contribution < 1.29 is 0 Å². The summed E-state index contributed by atoms with van der Waals surface area (Å²) in [6.45, 7) is 7.89. The fraction of sp³-hybridized carbons (Fsp3) is 0.500. The first-order valence-corrected chi connectivity index (χ1v) is 11.4. The van der Waals surface area contributed by atoms with E-state index >= 15 is 0 Å². The Morgan fingerprint density at radius 3 is 2.75 bits per heavy atom. The average Bonchev–Trinajstić information content (AvgIpc) is 3.13. The molecule has 3 nitrogen and oxygen atoms in total. The number of hydrogen-bond acceptors (Lipinski definition) is 3. The summed E-state index contributed by atoms with van der Waals surface area (Å²) >= 11 is 3.79. The van der Waals surface area contributed by atoms with Gasteiger partial charge in [0.1, 0.15) is 0 Å². The summed E-state index contributed by atoms with van der Waals surface area (Å²) in [5.74, 6) is 0. The third-order valence-electron chi connectivity index (χ3n) is 6.42. The van der Waals surface area contributed by atoms with Crippen LogP contribution in [0.1, 0.15) is 47.2 Å². The zero-order valence-corrected chi connectivity index (χ0v) is 18.7. The van der Waals surface area contributed by atoms with Crippen LogP contribution in [0, 0.1) is 6.92 Å². The van der Waals surface area contributed by atoms with Gasteiger partial charge in [-0.1, -0.05) is 58.4 Å². The third-order valence-corrected chi connectivity index (χ3v) is 7.53. The first-order chi connectivity index (χ1) is 13.6. The normalized spacial score (nSPS) is 23.1. The van der Waals surface area contributed by atoms with E-state index in [4.69, 9.17) is 0 Å². The van der Waals surface area contributed by atoms with E-state index in [1.807, 2.05) is 0 Å². The maximum atomic E-state index is 3.83. The Bertz CT molecular complexity index is 792. The van der Waals surface area contributed by atoms with Gasteiger partial charge in [-0.2, -0.15) is 0 Å². The molecule has 0 saturated carbocycles. The third kappa shape index (κ3) is 4.35. The molecule has 1 aliphatic carbocycles. The summed E-state index contributed by atoms with van der Waals surface area (Å²) in [5.41, 5.74) is 5.81. The number of piperazine rings is 1. The molecule has 1 saturated heterocycles. The van der Waals surface area contributed by atoms with E-state index in [0.29, 0.717) is 12.1 Å². The molecular formula is C24H32BrN3. The molecule has 4 heteroatoms. The van der Waals surface area contributed by atoms with Crippen molar-refractivity contribution in [3.63, 3.8) is 0 Å². The number of halogens is 1. The van der Waals surface area contributed by atoms with E-state index in [-0.39, 0.29) is 0 Å². The maximum absolute atomic E-state index is 3.83. The van der Waals surface area contributed by atoms with E-state index in [1.54, 1.807) is 0 Å². The van der Waals surface area contributed by atoms with Crippen LogP contribution in [-0.2, 0) is 6.42 Å². The number of fused-ring (bicyclic) bond motifs is 1. The van der Waals surface area contributed by atoms with Crippen molar-refractivity contribution in [2.75, 3.05) is 39.8 Å². The molecule has 2 unspecified atom stereocenters. The standard InChI is InChI=1S/C24H32BrN3/c1-18-9-10-20-21(24(18)25)11-12-22(20)26-13-6-14-28-16-15-27(2)17-23(28)19-7-4-3-5-8-19/h3-5,7-10,22-23,26H,6,11-17H2,1-2H3. The fourth-order valence-electron chi connectivity index (χ4n) is 4.76. The molecule has 1 N–H and O–H groups in total. The van der Waals surface area contributed by atoms with Crippen molar-refractivity contribution in [2.45, 2.75) is 38.3 Å². The van der Waals surface area contributed by atoms with Crippen LogP contribution in [0.25, 0.3) is 0 Å². The summed E-state index contributed by atoms with van der Waals surface area (Å²) in [6.07, 6.45) is 3.61. The second-order valence-corrected chi connectivity index (χ2v) is 9.18. The second-order valence-electron chi connectivity index (χ2n) is 8.39. The van der Waals surface area contributed by atoms with Gasteiger partial charge in [0.25, 0.3) is 0 Å². The summed E-state index contributed by atoms with van der Waals surface area (Å²) in [4.78, 5) is 5.14. The van der Waals surface area contributed by atoms with E-state index in [9.17, 15) is 0 Å². The number of rotatable bonds is 6. The molecule has 2 aromatic rings. The van der Waals surface area contributed by atoms with Crippen molar-refractivity contribution >= 4 is 15.9 Å². The smallest absolute Gasteiger partial charge is 0.0475 e. The minimum absolute atomic E-state index is 0.518. The lowest BCUT2D eigenvalue weighted by Crippen LogP contribution is -2.47. The van der Waals surface area contributed by atoms with E-state index < -0.39 is 0 Å². The zero-order chi connectivity index (χ0) is 19.5. The molecule has 28 heavy (non-hydrogen) atoms. The van der Waals surface area contributed by atoms with Crippen LogP contribution in [0.3, 0.4) is 0 Å². The topological polar surface area (TPSA) is 18.5 Å². The van der Waals surface area contributed by atoms with Crippen molar-refractivity contribution in [2.24, 2.45) is 0 Å². The zero-order valence-electron chi connectivity index (χ0n) is 17.1. The predicted octanol–water partition coefficient (Wildman–Crippen LogP) is 4.71. The molecule has 0 amide bonds. The highest BCUT2D eigenvalue weighted by Crippen LogP contribution is 2.37. The van der Waals surface area contributed by atoms with Gasteiger partial charge in [-0.15, -0.1) is 0 Å². The molecule has 2 aromatic carbocycles. The Morgan fingerprint density at radius 2 is 1.93 bits per heavy atom. The largest absolute Gasteiger partial charge is 0.310 e. The van der Waals surface area contributed by atoms with Gasteiger partial charge in [0.2, 0.25) is 0 Å². The highest BCUT2D eigenvalue weighted by atomic mass is 79.9. The van der Waals surface area contributed by atoms with Crippen LogP contribution < -0.4 is 5.32 Å². The lowest BCUT2D eigenvalue weighted by atomic mass is 10.0. The molecule has 1 aliphatic heterocycles. The number of nitrogens with zero attached hydrogens (tertiary/aromatic N) is 2. The van der Waals surface area contributed by atoms with Gasteiger partial charge in [0, 0.05) is 42.7 Å².